The average molecular weight is 533 g/mol. The van der Waals surface area contributed by atoms with E-state index in [1.165, 1.54) is 11.3 Å². The summed E-state index contributed by atoms with van der Waals surface area (Å²) in [5.74, 6) is 0.381. The number of aryl methyl sites for hydroxylation is 1. The molecule has 1 amide bonds. The number of rotatable bonds is 7. The summed E-state index contributed by atoms with van der Waals surface area (Å²) in [6.07, 6.45) is 3.74. The van der Waals surface area contributed by atoms with Crippen molar-refractivity contribution >= 4 is 44.9 Å². The van der Waals surface area contributed by atoms with E-state index in [4.69, 9.17) is 23.6 Å². The average Bonchev–Trinajstić information content (AvgIpc) is 3.30. The van der Waals surface area contributed by atoms with Crippen LogP contribution < -0.4 is 20.3 Å². The fourth-order valence-corrected chi connectivity index (χ4v) is 5.78. The Labute approximate surface area is 223 Å². The first-order valence-corrected chi connectivity index (χ1v) is 13.3. The molecule has 38 heavy (non-hydrogen) atoms. The van der Waals surface area contributed by atoms with E-state index in [0.717, 1.165) is 36.1 Å². The fraction of sp³-hybridized carbons (Fsp3) is 0.276. The minimum Gasteiger partial charge on any atom is -0.497 e. The van der Waals surface area contributed by atoms with Crippen LogP contribution in [0.15, 0.2) is 57.9 Å². The molecular weight excluding hydrogens is 504 g/mol. The van der Waals surface area contributed by atoms with Crippen LogP contribution in [0, 0.1) is 0 Å². The van der Waals surface area contributed by atoms with E-state index >= 15 is 0 Å². The van der Waals surface area contributed by atoms with Gasteiger partial charge in [-0.1, -0.05) is 12.1 Å². The molecule has 2 aromatic carbocycles. The standard InChI is InChI=1S/C29H28N2O6S/c1-4-36-29(33)24-20-9-5-6-11-23(20)38-28(24)31-27-21(16-17-8-7-10-22(35-3)25(17)37-27)26(32)30-18-12-14-19(34-2)15-13-18/h7-8,10,12-16H,4-6,9,11H2,1-3H3,(H,30,32). The van der Waals surface area contributed by atoms with Gasteiger partial charge >= 0.3 is 5.97 Å². The zero-order valence-electron chi connectivity index (χ0n) is 21.5. The SMILES string of the molecule is CCOC(=O)c1c(N=c2oc3c(OC)cccc3cc2C(=O)Nc2ccc(OC)cc2)sc2c1CCCC2. The summed E-state index contributed by atoms with van der Waals surface area (Å²) in [6, 6.07) is 14.2. The van der Waals surface area contributed by atoms with Crippen molar-refractivity contribution in [3.8, 4) is 11.5 Å². The summed E-state index contributed by atoms with van der Waals surface area (Å²) in [7, 11) is 3.14. The van der Waals surface area contributed by atoms with Crippen molar-refractivity contribution in [1.82, 2.24) is 0 Å². The number of thiophene rings is 1. The lowest BCUT2D eigenvalue weighted by atomic mass is 9.95. The van der Waals surface area contributed by atoms with Crippen LogP contribution in [0.4, 0.5) is 10.7 Å². The number of carbonyl (C=O) groups is 2. The van der Waals surface area contributed by atoms with Crippen LogP contribution in [0.25, 0.3) is 11.0 Å². The minimum atomic E-state index is -0.409. The number of fused-ring (bicyclic) bond motifs is 2. The van der Waals surface area contributed by atoms with Gasteiger partial charge in [0.25, 0.3) is 5.91 Å². The second-order valence-electron chi connectivity index (χ2n) is 8.75. The zero-order valence-corrected chi connectivity index (χ0v) is 22.3. The largest absolute Gasteiger partial charge is 0.497 e. The Morgan fingerprint density at radius 2 is 1.84 bits per heavy atom. The highest BCUT2D eigenvalue weighted by Crippen LogP contribution is 2.40. The third-order valence-electron chi connectivity index (χ3n) is 6.39. The summed E-state index contributed by atoms with van der Waals surface area (Å²) in [5, 5.41) is 4.06. The highest BCUT2D eigenvalue weighted by atomic mass is 32.1. The maximum atomic E-state index is 13.5. The van der Waals surface area contributed by atoms with Crippen LogP contribution in [0.5, 0.6) is 11.5 Å². The van der Waals surface area contributed by atoms with E-state index in [-0.39, 0.29) is 17.7 Å². The number of nitrogens with zero attached hydrogens (tertiary/aromatic N) is 1. The second-order valence-corrected chi connectivity index (χ2v) is 9.83. The third-order valence-corrected chi connectivity index (χ3v) is 7.57. The Bertz CT molecular complexity index is 1570. The van der Waals surface area contributed by atoms with Crippen molar-refractivity contribution in [2.45, 2.75) is 32.6 Å². The first-order valence-electron chi connectivity index (χ1n) is 12.4. The first kappa shape index (κ1) is 25.5. The molecule has 0 aliphatic heterocycles. The quantitative estimate of drug-likeness (QED) is 0.291. The lowest BCUT2D eigenvalue weighted by molar-refractivity contribution is 0.0526. The molecule has 0 bridgehead atoms. The lowest BCUT2D eigenvalue weighted by Crippen LogP contribution is -2.21. The highest BCUT2D eigenvalue weighted by molar-refractivity contribution is 7.16. The van der Waals surface area contributed by atoms with Gasteiger partial charge in [0.2, 0.25) is 5.55 Å². The third kappa shape index (κ3) is 5.02. The van der Waals surface area contributed by atoms with E-state index in [0.29, 0.717) is 38.7 Å². The van der Waals surface area contributed by atoms with Crippen LogP contribution >= 0.6 is 11.3 Å². The molecule has 2 aromatic heterocycles. The Kier molecular flexibility index (Phi) is 7.46. The van der Waals surface area contributed by atoms with Gasteiger partial charge in [-0.2, -0.15) is 0 Å². The molecule has 0 unspecified atom stereocenters. The van der Waals surface area contributed by atoms with Gasteiger partial charge in [0, 0.05) is 16.0 Å². The van der Waals surface area contributed by atoms with Gasteiger partial charge in [-0.3, -0.25) is 4.79 Å². The molecule has 2 heterocycles. The summed E-state index contributed by atoms with van der Waals surface area (Å²) < 4.78 is 22.3. The van der Waals surface area contributed by atoms with E-state index in [2.05, 4.69) is 5.32 Å². The normalized spacial score (nSPS) is 13.2. The van der Waals surface area contributed by atoms with Crippen LogP contribution in [0.3, 0.4) is 0 Å². The molecule has 0 saturated carbocycles. The number of anilines is 1. The maximum Gasteiger partial charge on any atom is 0.341 e. The number of hydrogen-bond donors (Lipinski definition) is 1. The van der Waals surface area contributed by atoms with Gasteiger partial charge in [-0.25, -0.2) is 9.79 Å². The van der Waals surface area contributed by atoms with Crippen molar-refractivity contribution in [3.63, 3.8) is 0 Å². The van der Waals surface area contributed by atoms with Crippen molar-refractivity contribution in [3.05, 3.63) is 75.7 Å². The zero-order chi connectivity index (χ0) is 26.6. The summed E-state index contributed by atoms with van der Waals surface area (Å²) >= 11 is 1.45. The monoisotopic (exact) mass is 532 g/mol. The molecule has 0 fully saturated rings. The number of carbonyl (C=O) groups excluding carboxylic acids is 2. The molecule has 0 radical (unpaired) electrons. The Balaban J connectivity index is 1.68. The van der Waals surface area contributed by atoms with Gasteiger partial charge < -0.3 is 23.9 Å². The fourth-order valence-electron chi connectivity index (χ4n) is 4.54. The highest BCUT2D eigenvalue weighted by Gasteiger charge is 2.27. The van der Waals surface area contributed by atoms with E-state index < -0.39 is 11.9 Å². The molecule has 5 rings (SSSR count). The van der Waals surface area contributed by atoms with Gasteiger partial charge in [0.05, 0.1) is 26.4 Å². The molecule has 0 atom stereocenters. The second kappa shape index (κ2) is 11.1. The number of nitrogens with one attached hydrogen (secondary N) is 1. The molecule has 1 N–H and O–H groups in total. The van der Waals surface area contributed by atoms with E-state index in [9.17, 15) is 9.59 Å². The number of methoxy groups -OCH3 is 2. The van der Waals surface area contributed by atoms with Crippen LogP contribution in [0.2, 0.25) is 0 Å². The lowest BCUT2D eigenvalue weighted by Gasteiger charge is -2.12. The molecule has 1 aliphatic rings. The van der Waals surface area contributed by atoms with E-state index in [1.807, 2.05) is 12.1 Å². The molecule has 9 heteroatoms. The van der Waals surface area contributed by atoms with Crippen molar-refractivity contribution < 1.29 is 28.2 Å². The van der Waals surface area contributed by atoms with Gasteiger partial charge in [-0.15, -0.1) is 11.3 Å². The minimum absolute atomic E-state index is 0.0807. The molecule has 4 aromatic rings. The molecule has 1 aliphatic carbocycles. The van der Waals surface area contributed by atoms with Crippen molar-refractivity contribution in [1.29, 1.82) is 0 Å². The maximum absolute atomic E-state index is 13.5. The molecule has 8 nitrogen and oxygen atoms in total. The smallest absolute Gasteiger partial charge is 0.341 e. The van der Waals surface area contributed by atoms with Crippen LogP contribution in [-0.2, 0) is 17.6 Å². The van der Waals surface area contributed by atoms with E-state index in [1.54, 1.807) is 57.5 Å². The first-order chi connectivity index (χ1) is 18.5. The van der Waals surface area contributed by atoms with Crippen LogP contribution in [0.1, 0.15) is 50.9 Å². The number of ether oxygens (including phenoxy) is 3. The van der Waals surface area contributed by atoms with Gasteiger partial charge in [0.15, 0.2) is 11.3 Å². The molecular formula is C29H28N2O6S. The number of hydrogen-bond acceptors (Lipinski definition) is 8. The summed E-state index contributed by atoms with van der Waals surface area (Å²) in [4.78, 5) is 32.4. The Morgan fingerprint density at radius 3 is 2.58 bits per heavy atom. The molecule has 0 spiro atoms. The number of amides is 1. The topological polar surface area (TPSA) is 99.4 Å². The number of para-hydroxylation sites is 1. The molecule has 0 saturated heterocycles. The summed E-state index contributed by atoms with van der Waals surface area (Å²) in [6.45, 7) is 2.04. The van der Waals surface area contributed by atoms with Gasteiger partial charge in [0.1, 0.15) is 16.3 Å². The number of esters is 1. The predicted molar refractivity (Wildman–Crippen MR) is 146 cm³/mol. The van der Waals surface area contributed by atoms with Crippen molar-refractivity contribution in [2.24, 2.45) is 4.99 Å². The predicted octanol–water partition coefficient (Wildman–Crippen LogP) is 6.05. The van der Waals surface area contributed by atoms with Gasteiger partial charge in [-0.05, 0) is 74.6 Å². The Hall–Kier alpha value is -4.11. The summed E-state index contributed by atoms with van der Waals surface area (Å²) in [5.41, 5.74) is 2.80. The Morgan fingerprint density at radius 1 is 1.05 bits per heavy atom. The van der Waals surface area contributed by atoms with Crippen molar-refractivity contribution in [2.75, 3.05) is 26.1 Å². The molecule has 196 valence electrons. The van der Waals surface area contributed by atoms with Crippen LogP contribution in [-0.4, -0.2) is 32.7 Å². The number of benzene rings is 2.